The van der Waals surface area contributed by atoms with Crippen molar-refractivity contribution in [1.82, 2.24) is 20.1 Å². The molecule has 2 saturated heterocycles. The van der Waals surface area contributed by atoms with E-state index in [0.29, 0.717) is 0 Å². The molecule has 0 spiro atoms. The van der Waals surface area contributed by atoms with E-state index in [1.807, 2.05) is 6.92 Å². The lowest BCUT2D eigenvalue weighted by Crippen LogP contribution is -2.61. The Morgan fingerprint density at radius 1 is 1.35 bits per heavy atom. The molecular formula is C12H20N4O. The molecule has 0 radical (unpaired) electrons. The Hall–Kier alpha value is -0.910. The van der Waals surface area contributed by atoms with Crippen molar-refractivity contribution >= 4 is 0 Å². The Morgan fingerprint density at radius 2 is 2.12 bits per heavy atom. The molecule has 17 heavy (non-hydrogen) atoms. The Balaban J connectivity index is 1.49. The van der Waals surface area contributed by atoms with Crippen molar-refractivity contribution in [3.63, 3.8) is 0 Å². The highest BCUT2D eigenvalue weighted by atomic mass is 16.3. The molecule has 0 saturated carbocycles. The van der Waals surface area contributed by atoms with Crippen LogP contribution in [0.4, 0.5) is 0 Å². The van der Waals surface area contributed by atoms with Crippen LogP contribution >= 0.6 is 0 Å². The largest absolute Gasteiger partial charge is 0.448 e. The number of oxazole rings is 1. The number of aryl methyl sites for hydroxylation is 1. The fraction of sp³-hybridized carbons (Fsp3) is 0.750. The third kappa shape index (κ3) is 2.36. The van der Waals surface area contributed by atoms with Gasteiger partial charge in [0.05, 0.1) is 5.69 Å². The second-order valence-corrected chi connectivity index (χ2v) is 4.98. The summed E-state index contributed by atoms with van der Waals surface area (Å²) in [4.78, 5) is 9.32. The second kappa shape index (κ2) is 4.76. The molecule has 94 valence electrons. The Bertz CT molecular complexity index is 366. The Kier molecular flexibility index (Phi) is 3.13. The van der Waals surface area contributed by atoms with Gasteiger partial charge < -0.3 is 9.73 Å². The maximum absolute atomic E-state index is 5.24. The molecule has 3 heterocycles. The van der Waals surface area contributed by atoms with Crippen molar-refractivity contribution in [3.8, 4) is 0 Å². The summed E-state index contributed by atoms with van der Waals surface area (Å²) in [6.07, 6.45) is 1.54. The smallest absolute Gasteiger partial charge is 0.181 e. The third-order valence-electron chi connectivity index (χ3n) is 3.90. The first-order valence-electron chi connectivity index (χ1n) is 6.39. The fourth-order valence-electron chi connectivity index (χ4n) is 2.51. The van der Waals surface area contributed by atoms with Crippen LogP contribution in [-0.4, -0.2) is 60.1 Å². The first-order valence-corrected chi connectivity index (χ1v) is 6.39. The zero-order valence-electron chi connectivity index (χ0n) is 10.4. The van der Waals surface area contributed by atoms with Crippen LogP contribution < -0.4 is 5.32 Å². The molecule has 3 rings (SSSR count). The predicted octanol–water partition coefficient (Wildman–Crippen LogP) is 0.0724. The molecule has 1 aromatic heterocycles. The fourth-order valence-corrected chi connectivity index (χ4v) is 2.51. The van der Waals surface area contributed by atoms with E-state index in [4.69, 9.17) is 4.42 Å². The third-order valence-corrected chi connectivity index (χ3v) is 3.90. The average Bonchev–Trinajstić information content (AvgIpc) is 2.65. The maximum atomic E-state index is 5.24. The molecule has 2 aliphatic rings. The minimum atomic E-state index is 0.783. The van der Waals surface area contributed by atoms with E-state index in [-0.39, 0.29) is 0 Å². The van der Waals surface area contributed by atoms with Gasteiger partial charge in [0.2, 0.25) is 0 Å². The molecule has 0 bridgehead atoms. The van der Waals surface area contributed by atoms with Gasteiger partial charge in [-0.1, -0.05) is 0 Å². The van der Waals surface area contributed by atoms with Crippen molar-refractivity contribution in [3.05, 3.63) is 17.8 Å². The van der Waals surface area contributed by atoms with E-state index in [0.717, 1.165) is 37.1 Å². The van der Waals surface area contributed by atoms with Crippen LogP contribution in [0.1, 0.15) is 11.5 Å². The minimum absolute atomic E-state index is 0.783. The molecule has 2 fully saturated rings. The van der Waals surface area contributed by atoms with Crippen LogP contribution in [0, 0.1) is 6.92 Å². The van der Waals surface area contributed by atoms with Crippen molar-refractivity contribution in [2.45, 2.75) is 19.5 Å². The van der Waals surface area contributed by atoms with Gasteiger partial charge >= 0.3 is 0 Å². The zero-order valence-corrected chi connectivity index (χ0v) is 10.4. The zero-order chi connectivity index (χ0) is 11.7. The predicted molar refractivity (Wildman–Crippen MR) is 64.7 cm³/mol. The molecule has 0 unspecified atom stereocenters. The molecule has 0 atom stereocenters. The maximum Gasteiger partial charge on any atom is 0.181 e. The van der Waals surface area contributed by atoms with Crippen LogP contribution in [0.5, 0.6) is 0 Å². The molecule has 0 aromatic carbocycles. The molecule has 0 amide bonds. The van der Waals surface area contributed by atoms with E-state index < -0.39 is 0 Å². The van der Waals surface area contributed by atoms with Gasteiger partial charge in [-0.25, -0.2) is 4.98 Å². The Labute approximate surface area is 102 Å². The summed E-state index contributed by atoms with van der Waals surface area (Å²) < 4.78 is 5.24. The molecule has 5 nitrogen and oxygen atoms in total. The topological polar surface area (TPSA) is 44.5 Å². The van der Waals surface area contributed by atoms with Crippen LogP contribution in [-0.2, 0) is 6.54 Å². The van der Waals surface area contributed by atoms with Gasteiger partial charge in [-0.05, 0) is 6.92 Å². The molecule has 2 aliphatic heterocycles. The van der Waals surface area contributed by atoms with Crippen LogP contribution in [0.15, 0.2) is 10.8 Å². The summed E-state index contributed by atoms with van der Waals surface area (Å²) in [6.45, 7) is 9.90. The molecule has 0 aliphatic carbocycles. The normalized spacial score (nSPS) is 23.8. The highest BCUT2D eigenvalue weighted by Crippen LogP contribution is 2.13. The van der Waals surface area contributed by atoms with Gasteiger partial charge in [-0.3, -0.25) is 9.80 Å². The molecular weight excluding hydrogens is 216 g/mol. The van der Waals surface area contributed by atoms with E-state index >= 15 is 0 Å². The van der Waals surface area contributed by atoms with Crippen LogP contribution in [0.2, 0.25) is 0 Å². The summed E-state index contributed by atoms with van der Waals surface area (Å²) >= 11 is 0. The first kappa shape index (κ1) is 11.2. The minimum Gasteiger partial charge on any atom is -0.448 e. The summed E-state index contributed by atoms with van der Waals surface area (Å²) in [5, 5.41) is 3.34. The van der Waals surface area contributed by atoms with E-state index in [2.05, 4.69) is 20.1 Å². The van der Waals surface area contributed by atoms with E-state index in [9.17, 15) is 0 Å². The molecule has 5 heteroatoms. The van der Waals surface area contributed by atoms with E-state index in [1.54, 1.807) is 6.39 Å². The highest BCUT2D eigenvalue weighted by molar-refractivity contribution is 5.04. The van der Waals surface area contributed by atoms with Crippen molar-refractivity contribution in [2.75, 3.05) is 39.3 Å². The van der Waals surface area contributed by atoms with Gasteiger partial charge in [-0.15, -0.1) is 0 Å². The number of hydrogen-bond donors (Lipinski definition) is 1. The number of aromatic nitrogens is 1. The standard InChI is InChI=1S/C12H20N4O/c1-10-12(14-9-17-10)8-15-2-4-16(5-3-15)11-6-13-7-11/h9,11,13H,2-8H2,1H3. The quantitative estimate of drug-likeness (QED) is 0.805. The Morgan fingerprint density at radius 3 is 2.65 bits per heavy atom. The van der Waals surface area contributed by atoms with Gasteiger partial charge in [0.25, 0.3) is 0 Å². The van der Waals surface area contributed by atoms with Crippen LogP contribution in [0.25, 0.3) is 0 Å². The lowest BCUT2D eigenvalue weighted by Gasteiger charge is -2.43. The van der Waals surface area contributed by atoms with E-state index in [1.165, 1.54) is 26.2 Å². The molecule has 1 aromatic rings. The highest BCUT2D eigenvalue weighted by Gasteiger charge is 2.27. The van der Waals surface area contributed by atoms with Crippen molar-refractivity contribution in [2.24, 2.45) is 0 Å². The number of hydrogen-bond acceptors (Lipinski definition) is 5. The van der Waals surface area contributed by atoms with Crippen LogP contribution in [0.3, 0.4) is 0 Å². The van der Waals surface area contributed by atoms with Gasteiger partial charge in [-0.2, -0.15) is 0 Å². The second-order valence-electron chi connectivity index (χ2n) is 4.98. The lowest BCUT2D eigenvalue weighted by atomic mass is 10.1. The molecule has 1 N–H and O–H groups in total. The average molecular weight is 236 g/mol. The summed E-state index contributed by atoms with van der Waals surface area (Å²) in [5.74, 6) is 0.954. The summed E-state index contributed by atoms with van der Waals surface area (Å²) in [7, 11) is 0. The number of nitrogens with one attached hydrogen (secondary N) is 1. The lowest BCUT2D eigenvalue weighted by molar-refractivity contribution is 0.0689. The van der Waals surface area contributed by atoms with Crippen molar-refractivity contribution < 1.29 is 4.42 Å². The van der Waals surface area contributed by atoms with Crippen molar-refractivity contribution in [1.29, 1.82) is 0 Å². The van der Waals surface area contributed by atoms with Gasteiger partial charge in [0.1, 0.15) is 5.76 Å². The summed E-state index contributed by atoms with van der Waals surface area (Å²) in [5.41, 5.74) is 1.09. The number of piperazine rings is 1. The SMILES string of the molecule is Cc1ocnc1CN1CCN(C2CNC2)CC1. The van der Waals surface area contributed by atoms with Gasteiger partial charge in [0.15, 0.2) is 6.39 Å². The number of rotatable bonds is 3. The monoisotopic (exact) mass is 236 g/mol. The summed E-state index contributed by atoms with van der Waals surface area (Å²) in [6, 6.07) is 0.783. The first-order chi connectivity index (χ1) is 8.33. The van der Waals surface area contributed by atoms with Gasteiger partial charge in [0, 0.05) is 51.9 Å². The number of nitrogens with zero attached hydrogens (tertiary/aromatic N) is 3.